The Kier molecular flexibility index (Phi) is 7.12. The van der Waals surface area contributed by atoms with E-state index in [0.29, 0.717) is 11.5 Å². The summed E-state index contributed by atoms with van der Waals surface area (Å²) in [5.41, 5.74) is 0. The van der Waals surface area contributed by atoms with E-state index in [4.69, 9.17) is 0 Å². The van der Waals surface area contributed by atoms with Gasteiger partial charge in [-0.15, -0.1) is 11.8 Å². The van der Waals surface area contributed by atoms with Gasteiger partial charge in [-0.2, -0.15) is 0 Å². The molecule has 0 unspecified atom stereocenters. The number of nitrogens with zero attached hydrogens (tertiary/aromatic N) is 1. The summed E-state index contributed by atoms with van der Waals surface area (Å²) in [5.74, 6) is 0.892. The second-order valence-corrected chi connectivity index (χ2v) is 5.68. The van der Waals surface area contributed by atoms with Crippen molar-refractivity contribution in [2.45, 2.75) is 26.3 Å². The molecule has 0 bridgehead atoms. The minimum Gasteiger partial charge on any atom is -0.353 e. The Hall–Kier alpha value is -0.750. The van der Waals surface area contributed by atoms with Gasteiger partial charge >= 0.3 is 0 Å². The van der Waals surface area contributed by atoms with E-state index in [-0.39, 0.29) is 17.9 Å². The van der Waals surface area contributed by atoms with Crippen LogP contribution in [0.25, 0.3) is 0 Å². The smallest absolute Gasteiger partial charge is 0.232 e. The number of rotatable bonds is 5. The number of thioether (sulfide) groups is 1. The van der Waals surface area contributed by atoms with Gasteiger partial charge in [0.1, 0.15) is 0 Å². The summed E-state index contributed by atoms with van der Waals surface area (Å²) >= 11 is 1.39. The molecule has 0 spiro atoms. The van der Waals surface area contributed by atoms with E-state index in [9.17, 15) is 9.59 Å². The molecule has 18 heavy (non-hydrogen) atoms. The van der Waals surface area contributed by atoms with Gasteiger partial charge in [-0.3, -0.25) is 9.59 Å². The van der Waals surface area contributed by atoms with Gasteiger partial charge in [-0.05, 0) is 26.8 Å². The van der Waals surface area contributed by atoms with E-state index < -0.39 is 0 Å². The Balaban J connectivity index is 2.17. The van der Waals surface area contributed by atoms with Gasteiger partial charge in [0.05, 0.1) is 11.5 Å². The zero-order valence-corrected chi connectivity index (χ0v) is 12.0. The lowest BCUT2D eigenvalue weighted by Crippen LogP contribution is -2.36. The normalized spacial score (nSPS) is 16.5. The molecule has 0 aromatic rings. The minimum atomic E-state index is 0.000308. The third-order valence-electron chi connectivity index (χ3n) is 2.60. The van der Waals surface area contributed by atoms with Gasteiger partial charge in [-0.1, -0.05) is 0 Å². The average molecular weight is 273 g/mol. The lowest BCUT2D eigenvalue weighted by atomic mass is 10.4. The molecule has 2 amide bonds. The van der Waals surface area contributed by atoms with Crippen LogP contribution in [0.1, 0.15) is 20.3 Å². The first-order valence-corrected chi connectivity index (χ1v) is 7.60. The van der Waals surface area contributed by atoms with Gasteiger partial charge in [0.2, 0.25) is 11.8 Å². The molecule has 0 saturated carbocycles. The van der Waals surface area contributed by atoms with Crippen molar-refractivity contribution in [3.05, 3.63) is 0 Å². The van der Waals surface area contributed by atoms with Gasteiger partial charge in [0.25, 0.3) is 0 Å². The number of carbonyl (C=O) groups excluding carboxylic acids is 2. The van der Waals surface area contributed by atoms with E-state index >= 15 is 0 Å². The Morgan fingerprint density at radius 2 is 2.06 bits per heavy atom. The van der Waals surface area contributed by atoms with Crippen molar-refractivity contribution in [3.63, 3.8) is 0 Å². The SMILES string of the molecule is CC(C)NC(=O)CSCC(=O)N1CCCNCC1. The maximum absolute atomic E-state index is 11.9. The van der Waals surface area contributed by atoms with Crippen LogP contribution in [0.4, 0.5) is 0 Å². The van der Waals surface area contributed by atoms with Crippen LogP contribution in [-0.4, -0.2) is 60.4 Å². The fourth-order valence-electron chi connectivity index (χ4n) is 1.78. The van der Waals surface area contributed by atoms with Crippen LogP contribution in [0, 0.1) is 0 Å². The molecule has 6 heteroatoms. The van der Waals surface area contributed by atoms with Crippen molar-refractivity contribution in [2.75, 3.05) is 37.7 Å². The van der Waals surface area contributed by atoms with Crippen molar-refractivity contribution in [2.24, 2.45) is 0 Å². The predicted molar refractivity (Wildman–Crippen MR) is 74.7 cm³/mol. The zero-order valence-electron chi connectivity index (χ0n) is 11.2. The summed E-state index contributed by atoms with van der Waals surface area (Å²) < 4.78 is 0. The summed E-state index contributed by atoms with van der Waals surface area (Å²) in [5, 5.41) is 6.07. The Labute approximate surface area is 113 Å². The second-order valence-electron chi connectivity index (χ2n) is 4.70. The third-order valence-corrected chi connectivity index (χ3v) is 3.52. The van der Waals surface area contributed by atoms with E-state index in [1.165, 1.54) is 11.8 Å². The van der Waals surface area contributed by atoms with Crippen molar-refractivity contribution >= 4 is 23.6 Å². The Morgan fingerprint density at radius 1 is 1.28 bits per heavy atom. The quantitative estimate of drug-likeness (QED) is 0.744. The molecule has 104 valence electrons. The fraction of sp³-hybridized carbons (Fsp3) is 0.833. The molecule has 5 nitrogen and oxygen atoms in total. The Bertz CT molecular complexity index is 276. The topological polar surface area (TPSA) is 61.4 Å². The summed E-state index contributed by atoms with van der Waals surface area (Å²) in [6.45, 7) is 7.30. The minimum absolute atomic E-state index is 0.000308. The Morgan fingerprint density at radius 3 is 2.78 bits per heavy atom. The molecule has 2 N–H and O–H groups in total. The number of nitrogens with one attached hydrogen (secondary N) is 2. The standard InChI is InChI=1S/C12H23N3O2S/c1-10(2)14-11(16)8-18-9-12(17)15-6-3-4-13-5-7-15/h10,13H,3-9H2,1-2H3,(H,14,16). The maximum Gasteiger partial charge on any atom is 0.232 e. The lowest BCUT2D eigenvalue weighted by Gasteiger charge is -2.19. The summed E-state index contributed by atoms with van der Waals surface area (Å²) in [6, 6.07) is 0.158. The number of hydrogen-bond acceptors (Lipinski definition) is 4. The first-order valence-electron chi connectivity index (χ1n) is 6.45. The van der Waals surface area contributed by atoms with Crippen molar-refractivity contribution in [1.82, 2.24) is 15.5 Å². The highest BCUT2D eigenvalue weighted by atomic mass is 32.2. The molecule has 1 rings (SSSR count). The second kappa shape index (κ2) is 8.37. The zero-order chi connectivity index (χ0) is 13.4. The van der Waals surface area contributed by atoms with Gasteiger partial charge in [0.15, 0.2) is 0 Å². The molecule has 0 aliphatic carbocycles. The van der Waals surface area contributed by atoms with Crippen LogP contribution in [0.3, 0.4) is 0 Å². The number of carbonyl (C=O) groups is 2. The van der Waals surface area contributed by atoms with E-state index in [1.807, 2.05) is 18.7 Å². The van der Waals surface area contributed by atoms with Crippen LogP contribution >= 0.6 is 11.8 Å². The summed E-state index contributed by atoms with van der Waals surface area (Å²) in [6.07, 6.45) is 1.00. The average Bonchev–Trinajstić information content (AvgIpc) is 2.56. The van der Waals surface area contributed by atoms with Gasteiger partial charge in [-0.25, -0.2) is 0 Å². The highest BCUT2D eigenvalue weighted by Crippen LogP contribution is 2.04. The van der Waals surface area contributed by atoms with E-state index in [0.717, 1.165) is 32.6 Å². The third kappa shape index (κ3) is 6.26. The summed E-state index contributed by atoms with van der Waals surface area (Å²) in [4.78, 5) is 25.2. The molecule has 1 aliphatic heterocycles. The first kappa shape index (κ1) is 15.3. The number of hydrogen-bond donors (Lipinski definition) is 2. The van der Waals surface area contributed by atoms with Crippen LogP contribution in [0.15, 0.2) is 0 Å². The molecule has 1 fully saturated rings. The lowest BCUT2D eigenvalue weighted by molar-refractivity contribution is -0.128. The van der Waals surface area contributed by atoms with Crippen molar-refractivity contribution in [3.8, 4) is 0 Å². The largest absolute Gasteiger partial charge is 0.353 e. The van der Waals surface area contributed by atoms with Crippen LogP contribution in [-0.2, 0) is 9.59 Å². The maximum atomic E-state index is 11.9. The molecular weight excluding hydrogens is 250 g/mol. The molecule has 1 heterocycles. The first-order chi connectivity index (χ1) is 8.59. The van der Waals surface area contributed by atoms with E-state index in [2.05, 4.69) is 10.6 Å². The number of amides is 2. The molecule has 0 aromatic carbocycles. The monoisotopic (exact) mass is 273 g/mol. The molecular formula is C12H23N3O2S. The van der Waals surface area contributed by atoms with Crippen LogP contribution in [0.5, 0.6) is 0 Å². The molecule has 0 radical (unpaired) electrons. The molecule has 1 saturated heterocycles. The molecule has 0 atom stereocenters. The van der Waals surface area contributed by atoms with Crippen molar-refractivity contribution < 1.29 is 9.59 Å². The highest BCUT2D eigenvalue weighted by molar-refractivity contribution is 8.00. The summed E-state index contributed by atoms with van der Waals surface area (Å²) in [7, 11) is 0. The predicted octanol–water partition coefficient (Wildman–Crippen LogP) is 0.0661. The van der Waals surface area contributed by atoms with Gasteiger partial charge in [0, 0.05) is 25.7 Å². The van der Waals surface area contributed by atoms with E-state index in [1.54, 1.807) is 0 Å². The van der Waals surface area contributed by atoms with Crippen LogP contribution in [0.2, 0.25) is 0 Å². The fourth-order valence-corrected chi connectivity index (χ4v) is 2.51. The van der Waals surface area contributed by atoms with Gasteiger partial charge < -0.3 is 15.5 Å². The van der Waals surface area contributed by atoms with Crippen LogP contribution < -0.4 is 10.6 Å². The molecule has 0 aromatic heterocycles. The molecule has 1 aliphatic rings. The van der Waals surface area contributed by atoms with Crippen molar-refractivity contribution in [1.29, 1.82) is 0 Å². The highest BCUT2D eigenvalue weighted by Gasteiger charge is 2.15.